The van der Waals surface area contributed by atoms with E-state index >= 15 is 0 Å². The van der Waals surface area contributed by atoms with E-state index in [2.05, 4.69) is 16.6 Å². The van der Waals surface area contributed by atoms with Gasteiger partial charge in [-0.1, -0.05) is 38.4 Å². The summed E-state index contributed by atoms with van der Waals surface area (Å²) in [5.41, 5.74) is 9.82. The number of rotatable bonds is 11. The minimum Gasteiger partial charge on any atom is -0.492 e. The Hall–Kier alpha value is -3.67. The summed E-state index contributed by atoms with van der Waals surface area (Å²) < 4.78 is 8.77. The van der Waals surface area contributed by atoms with Gasteiger partial charge in [0.1, 0.15) is 5.84 Å². The van der Waals surface area contributed by atoms with Crippen LogP contribution in [0.4, 0.5) is 17.1 Å². The summed E-state index contributed by atoms with van der Waals surface area (Å²) in [6.07, 6.45) is 7.55. The van der Waals surface area contributed by atoms with E-state index in [9.17, 15) is 9.90 Å². The van der Waals surface area contributed by atoms with Gasteiger partial charge in [-0.2, -0.15) is 0 Å². The number of nitrogens with one attached hydrogen (secondary N) is 3. The average Bonchev–Trinajstić information content (AvgIpc) is 3.78. The van der Waals surface area contributed by atoms with Gasteiger partial charge in [0.15, 0.2) is 5.75 Å². The number of methoxy groups -OCH3 is 1. The maximum Gasteiger partial charge on any atom is 0.255 e. The third kappa shape index (κ3) is 9.17. The molecule has 0 saturated heterocycles. The highest BCUT2D eigenvalue weighted by atomic mass is 32.2. The van der Waals surface area contributed by atoms with Gasteiger partial charge in [0.2, 0.25) is 0 Å². The molecule has 1 amide bonds. The van der Waals surface area contributed by atoms with Crippen LogP contribution in [0.15, 0.2) is 55.0 Å². The second-order valence-electron chi connectivity index (χ2n) is 10.6. The topological polar surface area (TPSA) is 153 Å². The zero-order chi connectivity index (χ0) is 30.9. The first-order valence-corrected chi connectivity index (χ1v) is 14.5. The number of aryl methyl sites for hydroxylation is 1. The van der Waals surface area contributed by atoms with Crippen molar-refractivity contribution in [3.8, 4) is 5.75 Å². The van der Waals surface area contributed by atoms with E-state index in [1.54, 1.807) is 43.5 Å². The number of ether oxygens (including phenoxy) is 1. The van der Waals surface area contributed by atoms with Gasteiger partial charge in [-0.05, 0) is 68.3 Å². The molecule has 10 nitrogen and oxygen atoms in total. The van der Waals surface area contributed by atoms with Crippen molar-refractivity contribution in [3.05, 3.63) is 71.7 Å². The summed E-state index contributed by atoms with van der Waals surface area (Å²) >= 11 is 1.41. The van der Waals surface area contributed by atoms with E-state index in [1.165, 1.54) is 29.8 Å². The van der Waals surface area contributed by atoms with Gasteiger partial charge < -0.3 is 30.5 Å². The van der Waals surface area contributed by atoms with Crippen LogP contribution in [-0.4, -0.2) is 48.8 Å². The Balaban J connectivity index is 0.000000553. The smallest absolute Gasteiger partial charge is 0.255 e. The van der Waals surface area contributed by atoms with Crippen molar-refractivity contribution >= 4 is 40.8 Å². The van der Waals surface area contributed by atoms with E-state index < -0.39 is 5.41 Å². The maximum atomic E-state index is 13.1. The highest BCUT2D eigenvalue weighted by molar-refractivity contribution is 7.99. The fourth-order valence-electron chi connectivity index (χ4n) is 3.86. The molecule has 0 atom stereocenters. The summed E-state index contributed by atoms with van der Waals surface area (Å²) in [6.45, 7) is 11.0. The second-order valence-corrected chi connectivity index (χ2v) is 11.3. The maximum absolute atomic E-state index is 13.1. The normalized spacial score (nSPS) is 13.0. The molecule has 2 aromatic carbocycles. The SMILES string of the molecule is C=CN(C)C(=N)C1CC1.COc1c(NSC)cc(C(C)(C)CO)cc1NC(=O)c1ccc(C)c(N(N)/C=C(/C)N)c1. The minimum absolute atomic E-state index is 0.0485. The summed E-state index contributed by atoms with van der Waals surface area (Å²) in [7, 11) is 3.42. The molecule has 1 aliphatic rings. The molecule has 11 heteroatoms. The summed E-state index contributed by atoms with van der Waals surface area (Å²) in [4.78, 5) is 14.9. The van der Waals surface area contributed by atoms with Crippen molar-refractivity contribution in [3.63, 3.8) is 0 Å². The van der Waals surface area contributed by atoms with Crippen LogP contribution in [0.3, 0.4) is 0 Å². The molecule has 3 rings (SSSR count). The number of anilines is 3. The zero-order valence-corrected chi connectivity index (χ0v) is 26.0. The fourth-order valence-corrected chi connectivity index (χ4v) is 4.24. The molecule has 224 valence electrons. The average molecular weight is 584 g/mol. The van der Waals surface area contributed by atoms with Gasteiger partial charge in [-0.25, -0.2) is 5.84 Å². The third-order valence-electron chi connectivity index (χ3n) is 6.64. The van der Waals surface area contributed by atoms with Crippen LogP contribution in [0, 0.1) is 18.3 Å². The molecule has 0 aromatic heterocycles. The predicted octanol–water partition coefficient (Wildman–Crippen LogP) is 5.16. The zero-order valence-electron chi connectivity index (χ0n) is 25.2. The highest BCUT2D eigenvalue weighted by Crippen LogP contribution is 2.40. The van der Waals surface area contributed by atoms with E-state index in [0.29, 0.717) is 45.8 Å². The first kappa shape index (κ1) is 33.5. The summed E-state index contributed by atoms with van der Waals surface area (Å²) in [5.74, 6) is 7.52. The molecule has 8 N–H and O–H groups in total. The number of amides is 1. The van der Waals surface area contributed by atoms with Crippen molar-refractivity contribution in [2.75, 3.05) is 42.1 Å². The van der Waals surface area contributed by atoms with Crippen LogP contribution >= 0.6 is 11.9 Å². The lowest BCUT2D eigenvalue weighted by Gasteiger charge is -2.25. The first-order chi connectivity index (χ1) is 19.3. The first-order valence-electron chi connectivity index (χ1n) is 13.3. The lowest BCUT2D eigenvalue weighted by atomic mass is 9.85. The Labute approximate surface area is 248 Å². The lowest BCUT2D eigenvalue weighted by Crippen LogP contribution is -2.27. The number of nitrogens with two attached hydrogens (primary N) is 2. The molecule has 0 aliphatic heterocycles. The van der Waals surface area contributed by atoms with E-state index in [1.807, 2.05) is 52.3 Å². The number of carbonyl (C=O) groups is 1. The van der Waals surface area contributed by atoms with Gasteiger partial charge in [0, 0.05) is 42.1 Å². The van der Waals surface area contributed by atoms with Crippen molar-refractivity contribution < 1.29 is 14.6 Å². The molecule has 1 aliphatic carbocycles. The van der Waals surface area contributed by atoms with Crippen molar-refractivity contribution in [1.29, 1.82) is 5.41 Å². The number of benzene rings is 2. The second kappa shape index (κ2) is 14.8. The number of nitrogens with zero attached hydrogens (tertiary/aromatic N) is 2. The quantitative estimate of drug-likeness (QED) is 0.0692. The molecule has 2 aromatic rings. The number of hydrazine groups is 1. The van der Waals surface area contributed by atoms with Crippen molar-refractivity contribution in [2.45, 2.75) is 46.0 Å². The number of amidine groups is 1. The number of allylic oxidation sites excluding steroid dienone is 1. The molecule has 41 heavy (non-hydrogen) atoms. The Bertz CT molecular complexity index is 1270. The van der Waals surface area contributed by atoms with Gasteiger partial charge in [0.25, 0.3) is 5.91 Å². The Kier molecular flexibility index (Phi) is 12.1. The largest absolute Gasteiger partial charge is 0.492 e. The standard InChI is InChI=1S/C23H33N5O3S.C7H12N2/c1-14-7-8-16(9-20(14)28(25)12-15(2)24)22(30)26-18-10-17(23(3,4)13-29)11-19(27-32-6)21(18)31-5;1-3-9(2)7(8)6-4-5-6/h7-12,27,29H,13,24-25H2,1-6H3,(H,26,30);3,6,8H,1,4-5H2,2H3/b15-12-;. The fraction of sp³-hybridized carbons (Fsp3) is 0.400. The summed E-state index contributed by atoms with van der Waals surface area (Å²) in [5, 5.41) is 21.6. The van der Waals surface area contributed by atoms with Crippen LogP contribution in [0.25, 0.3) is 0 Å². The molecule has 0 heterocycles. The third-order valence-corrected chi connectivity index (χ3v) is 7.06. The molecular weight excluding hydrogens is 538 g/mol. The molecule has 0 radical (unpaired) electrons. The van der Waals surface area contributed by atoms with Crippen molar-refractivity contribution in [1.82, 2.24) is 4.90 Å². The highest BCUT2D eigenvalue weighted by Gasteiger charge is 2.28. The molecular formula is C30H45N7O3S. The molecule has 1 fully saturated rings. The number of aliphatic hydroxyl groups is 1. The number of carbonyl (C=O) groups excluding carboxylic acids is 1. The van der Waals surface area contributed by atoms with Gasteiger partial charge in [-0.3, -0.25) is 15.2 Å². The number of hydrogen-bond donors (Lipinski definition) is 6. The number of hydrogen-bond acceptors (Lipinski definition) is 9. The Morgan fingerprint density at radius 1 is 1.29 bits per heavy atom. The van der Waals surface area contributed by atoms with Crippen LogP contribution in [-0.2, 0) is 5.41 Å². The monoisotopic (exact) mass is 583 g/mol. The molecule has 1 saturated carbocycles. The van der Waals surface area contributed by atoms with Crippen molar-refractivity contribution in [2.24, 2.45) is 17.5 Å². The van der Waals surface area contributed by atoms with Gasteiger partial charge in [0.05, 0.1) is 30.8 Å². The van der Waals surface area contributed by atoms with Gasteiger partial charge >= 0.3 is 0 Å². The predicted molar refractivity (Wildman–Crippen MR) is 172 cm³/mol. The molecule has 0 bridgehead atoms. The molecule has 0 spiro atoms. The van der Waals surface area contributed by atoms with E-state index in [4.69, 9.17) is 21.7 Å². The molecule has 0 unspecified atom stereocenters. The van der Waals surface area contributed by atoms with E-state index in [-0.39, 0.29) is 12.5 Å². The van der Waals surface area contributed by atoms with Crippen LogP contribution < -0.4 is 31.4 Å². The van der Waals surface area contributed by atoms with E-state index in [0.717, 1.165) is 11.1 Å². The Morgan fingerprint density at radius 2 is 1.93 bits per heavy atom. The Morgan fingerprint density at radius 3 is 2.44 bits per heavy atom. The summed E-state index contributed by atoms with van der Waals surface area (Å²) in [6, 6.07) is 9.00. The van der Waals surface area contributed by atoms with Crippen LogP contribution in [0.5, 0.6) is 5.75 Å². The lowest BCUT2D eigenvalue weighted by molar-refractivity contribution is 0.102. The van der Waals surface area contributed by atoms with Crippen LogP contribution in [0.2, 0.25) is 0 Å². The van der Waals surface area contributed by atoms with Crippen LogP contribution in [0.1, 0.15) is 55.1 Å². The number of aliphatic hydroxyl groups excluding tert-OH is 1. The van der Waals surface area contributed by atoms with Gasteiger partial charge in [-0.15, -0.1) is 0 Å². The minimum atomic E-state index is -0.510.